The van der Waals surface area contributed by atoms with Crippen LogP contribution < -0.4 is 20.5 Å². The van der Waals surface area contributed by atoms with Crippen molar-refractivity contribution in [2.45, 2.75) is 6.54 Å². The molecule has 2 rings (SSSR count). The van der Waals surface area contributed by atoms with Gasteiger partial charge in [0, 0.05) is 38.3 Å². The molecule has 1 aliphatic heterocycles. The molecule has 3 N–H and O–H groups in total. The van der Waals surface area contributed by atoms with E-state index in [1.807, 2.05) is 12.1 Å². The predicted octanol–water partition coefficient (Wildman–Crippen LogP) is 0.825. The molecule has 0 spiro atoms. The van der Waals surface area contributed by atoms with E-state index in [0.717, 1.165) is 45.0 Å². The number of hydrogen-bond donors (Lipinski definition) is 2. The van der Waals surface area contributed by atoms with Crippen LogP contribution in [-0.2, 0) is 16.1 Å². The molecule has 7 nitrogen and oxygen atoms in total. The Morgan fingerprint density at radius 3 is 2.68 bits per heavy atom. The van der Waals surface area contributed by atoms with Crippen LogP contribution in [0.4, 0.5) is 0 Å². The van der Waals surface area contributed by atoms with Crippen molar-refractivity contribution in [3.05, 3.63) is 23.8 Å². The van der Waals surface area contributed by atoms with E-state index < -0.39 is 5.91 Å². The highest BCUT2D eigenvalue weighted by Gasteiger charge is 2.12. The Kier molecular flexibility index (Phi) is 12.4. The van der Waals surface area contributed by atoms with Crippen molar-refractivity contribution in [2.75, 3.05) is 53.1 Å². The summed E-state index contributed by atoms with van der Waals surface area (Å²) < 4.78 is 16.1. The fourth-order valence-corrected chi connectivity index (χ4v) is 2.45. The highest BCUT2D eigenvalue weighted by atomic mass is 35.5. The van der Waals surface area contributed by atoms with Gasteiger partial charge < -0.3 is 25.3 Å². The third-order valence-electron chi connectivity index (χ3n) is 3.66. The molecule has 9 heteroatoms. The van der Waals surface area contributed by atoms with Gasteiger partial charge in [-0.15, -0.1) is 24.8 Å². The number of morpholine rings is 1. The molecule has 1 saturated heterocycles. The molecule has 144 valence electrons. The van der Waals surface area contributed by atoms with Crippen LogP contribution in [0, 0.1) is 0 Å². The van der Waals surface area contributed by atoms with Gasteiger partial charge in [0.2, 0.25) is 0 Å². The first-order valence-electron chi connectivity index (χ1n) is 7.78. The maximum atomic E-state index is 10.9. The lowest BCUT2D eigenvalue weighted by molar-refractivity contribution is -0.119. The second-order valence-electron chi connectivity index (χ2n) is 5.33. The number of hydrogen-bond acceptors (Lipinski definition) is 6. The second-order valence-corrected chi connectivity index (χ2v) is 5.33. The molecule has 1 fully saturated rings. The Hall–Kier alpha value is -1.25. The third kappa shape index (κ3) is 8.11. The van der Waals surface area contributed by atoms with Gasteiger partial charge in [0.1, 0.15) is 0 Å². The average Bonchev–Trinajstić information content (AvgIpc) is 2.58. The van der Waals surface area contributed by atoms with Crippen LogP contribution in [0.25, 0.3) is 0 Å². The molecule has 0 aromatic heterocycles. The molecule has 0 radical (unpaired) electrons. The van der Waals surface area contributed by atoms with Crippen molar-refractivity contribution >= 4 is 30.7 Å². The Morgan fingerprint density at radius 2 is 2.04 bits per heavy atom. The summed E-state index contributed by atoms with van der Waals surface area (Å²) in [6, 6.07) is 5.64. The minimum Gasteiger partial charge on any atom is -0.493 e. The summed E-state index contributed by atoms with van der Waals surface area (Å²) >= 11 is 0. The number of para-hydroxylation sites is 1. The summed E-state index contributed by atoms with van der Waals surface area (Å²) in [5.74, 6) is 0.647. The Balaban J connectivity index is 0.00000288. The first-order valence-corrected chi connectivity index (χ1v) is 7.78. The summed E-state index contributed by atoms with van der Waals surface area (Å²) in [5.41, 5.74) is 6.09. The van der Waals surface area contributed by atoms with Crippen LogP contribution in [0.1, 0.15) is 5.56 Å². The number of carbonyl (C=O) groups is 1. The zero-order valence-corrected chi connectivity index (χ0v) is 16.0. The summed E-state index contributed by atoms with van der Waals surface area (Å²) in [5, 5.41) is 3.39. The van der Waals surface area contributed by atoms with Gasteiger partial charge >= 0.3 is 0 Å². The van der Waals surface area contributed by atoms with E-state index in [9.17, 15) is 4.79 Å². The number of primary amides is 1. The normalized spacial score (nSPS) is 14.1. The van der Waals surface area contributed by atoms with Crippen LogP contribution >= 0.6 is 24.8 Å². The quantitative estimate of drug-likeness (QED) is 0.602. The lowest BCUT2D eigenvalue weighted by atomic mass is 10.2. The number of ether oxygens (including phenoxy) is 3. The highest BCUT2D eigenvalue weighted by molar-refractivity contribution is 5.85. The fraction of sp³-hybridized carbons (Fsp3) is 0.562. The maximum absolute atomic E-state index is 10.9. The van der Waals surface area contributed by atoms with E-state index >= 15 is 0 Å². The van der Waals surface area contributed by atoms with Crippen molar-refractivity contribution in [1.29, 1.82) is 0 Å². The number of benzene rings is 1. The second kappa shape index (κ2) is 13.0. The van der Waals surface area contributed by atoms with Gasteiger partial charge in [0.15, 0.2) is 18.1 Å². The molecule has 1 aromatic carbocycles. The van der Waals surface area contributed by atoms with Crippen molar-refractivity contribution in [3.63, 3.8) is 0 Å². The number of nitrogens with two attached hydrogens (primary N) is 1. The van der Waals surface area contributed by atoms with Crippen LogP contribution in [0.2, 0.25) is 0 Å². The molecule has 1 aliphatic rings. The Morgan fingerprint density at radius 1 is 1.32 bits per heavy atom. The van der Waals surface area contributed by atoms with Gasteiger partial charge in [-0.25, -0.2) is 0 Å². The molecule has 1 aromatic rings. The summed E-state index contributed by atoms with van der Waals surface area (Å²) in [4.78, 5) is 13.3. The maximum Gasteiger partial charge on any atom is 0.255 e. The van der Waals surface area contributed by atoms with Gasteiger partial charge in [0.25, 0.3) is 5.91 Å². The number of methoxy groups -OCH3 is 1. The zero-order valence-electron chi connectivity index (χ0n) is 14.4. The smallest absolute Gasteiger partial charge is 0.255 e. The number of amides is 1. The average molecular weight is 396 g/mol. The number of carbonyl (C=O) groups excluding carboxylic acids is 1. The standard InChI is InChI=1S/C16H25N3O4.2ClH/c1-21-14-4-2-3-13(16(14)23-12-15(17)20)11-18-5-6-19-7-9-22-10-8-19;;/h2-4,18H,5-12H2,1H3,(H2,17,20);2*1H. The molecular weight excluding hydrogens is 369 g/mol. The SMILES string of the molecule is COc1cccc(CNCCN2CCOCC2)c1OCC(N)=O.Cl.Cl. The number of rotatable bonds is 9. The molecule has 0 bridgehead atoms. The van der Waals surface area contributed by atoms with Gasteiger partial charge in [-0.3, -0.25) is 9.69 Å². The molecule has 0 saturated carbocycles. The van der Waals surface area contributed by atoms with Crippen molar-refractivity contribution in [3.8, 4) is 11.5 Å². The van der Waals surface area contributed by atoms with Crippen LogP contribution in [0.15, 0.2) is 18.2 Å². The van der Waals surface area contributed by atoms with Gasteiger partial charge in [0.05, 0.1) is 20.3 Å². The van der Waals surface area contributed by atoms with E-state index in [4.69, 9.17) is 19.9 Å². The first-order chi connectivity index (χ1) is 11.2. The van der Waals surface area contributed by atoms with E-state index in [2.05, 4.69) is 10.2 Å². The first kappa shape index (κ1) is 23.8. The number of nitrogens with zero attached hydrogens (tertiary/aromatic N) is 1. The van der Waals surface area contributed by atoms with E-state index in [-0.39, 0.29) is 31.4 Å². The van der Waals surface area contributed by atoms with E-state index in [0.29, 0.717) is 18.0 Å². The third-order valence-corrected chi connectivity index (χ3v) is 3.66. The monoisotopic (exact) mass is 395 g/mol. The fourth-order valence-electron chi connectivity index (χ4n) is 2.45. The minimum absolute atomic E-state index is 0. The zero-order chi connectivity index (χ0) is 16.5. The van der Waals surface area contributed by atoms with Crippen LogP contribution in [0.3, 0.4) is 0 Å². The summed E-state index contributed by atoms with van der Waals surface area (Å²) in [6.07, 6.45) is 0. The van der Waals surface area contributed by atoms with Gasteiger partial charge in [-0.05, 0) is 6.07 Å². The van der Waals surface area contributed by atoms with Crippen LogP contribution in [0.5, 0.6) is 11.5 Å². The minimum atomic E-state index is -0.512. The molecule has 1 heterocycles. The van der Waals surface area contributed by atoms with Gasteiger partial charge in [-0.1, -0.05) is 12.1 Å². The summed E-state index contributed by atoms with van der Waals surface area (Å²) in [6.45, 7) is 5.89. The lowest BCUT2D eigenvalue weighted by Gasteiger charge is -2.26. The van der Waals surface area contributed by atoms with E-state index in [1.165, 1.54) is 0 Å². The molecular formula is C16H27Cl2N3O4. The number of halogens is 2. The molecule has 1 amide bonds. The lowest BCUT2D eigenvalue weighted by Crippen LogP contribution is -2.40. The number of nitrogens with one attached hydrogen (secondary N) is 1. The van der Waals surface area contributed by atoms with Crippen LogP contribution in [-0.4, -0.2) is 63.9 Å². The van der Waals surface area contributed by atoms with Crippen molar-refractivity contribution in [1.82, 2.24) is 10.2 Å². The predicted molar refractivity (Wildman–Crippen MR) is 101 cm³/mol. The van der Waals surface area contributed by atoms with Crippen molar-refractivity contribution in [2.24, 2.45) is 5.73 Å². The molecule has 0 atom stereocenters. The molecule has 0 aliphatic carbocycles. The summed E-state index contributed by atoms with van der Waals surface area (Å²) in [7, 11) is 1.57. The Labute approximate surface area is 161 Å². The Bertz CT molecular complexity index is 514. The molecule has 25 heavy (non-hydrogen) atoms. The van der Waals surface area contributed by atoms with Crippen molar-refractivity contribution < 1.29 is 19.0 Å². The highest BCUT2D eigenvalue weighted by Crippen LogP contribution is 2.30. The largest absolute Gasteiger partial charge is 0.493 e. The van der Waals surface area contributed by atoms with E-state index in [1.54, 1.807) is 13.2 Å². The topological polar surface area (TPSA) is 86.1 Å². The van der Waals surface area contributed by atoms with Gasteiger partial charge in [-0.2, -0.15) is 0 Å². The molecule has 0 unspecified atom stereocenters.